The lowest BCUT2D eigenvalue weighted by Gasteiger charge is -2.03. The molecule has 0 aliphatic carbocycles. The van der Waals surface area contributed by atoms with Crippen molar-refractivity contribution in [3.8, 4) is 0 Å². The van der Waals surface area contributed by atoms with E-state index in [2.05, 4.69) is 17.2 Å². The van der Waals surface area contributed by atoms with Crippen LogP contribution in [0.15, 0.2) is 12.7 Å². The summed E-state index contributed by atoms with van der Waals surface area (Å²) >= 11 is 0. The normalized spacial score (nSPS) is 9.42. The van der Waals surface area contributed by atoms with Crippen molar-refractivity contribution in [3.63, 3.8) is 0 Å². The summed E-state index contributed by atoms with van der Waals surface area (Å²) < 4.78 is 0. The molecule has 0 aliphatic rings. The van der Waals surface area contributed by atoms with Crippen molar-refractivity contribution >= 4 is 5.91 Å². The summed E-state index contributed by atoms with van der Waals surface area (Å²) in [4.78, 5) is 11.0. The van der Waals surface area contributed by atoms with Gasteiger partial charge in [0, 0.05) is 19.5 Å². The van der Waals surface area contributed by atoms with Crippen LogP contribution in [-0.2, 0) is 4.79 Å². The summed E-state index contributed by atoms with van der Waals surface area (Å²) in [5.74, 6) is 0.104. The molecule has 0 saturated carbocycles. The molecule has 0 aromatic heterocycles. The fourth-order valence-corrected chi connectivity index (χ4v) is 0.789. The quantitative estimate of drug-likeness (QED) is 0.436. The van der Waals surface area contributed by atoms with Crippen molar-refractivity contribution < 1.29 is 4.79 Å². The van der Waals surface area contributed by atoms with E-state index in [0.717, 1.165) is 19.5 Å². The molecule has 0 aromatic rings. The first-order chi connectivity index (χ1) is 5.81. The zero-order valence-corrected chi connectivity index (χ0v) is 7.73. The highest BCUT2D eigenvalue weighted by atomic mass is 16.1. The highest BCUT2D eigenvalue weighted by Crippen LogP contribution is 1.87. The van der Waals surface area contributed by atoms with Crippen LogP contribution in [-0.4, -0.2) is 25.5 Å². The monoisotopic (exact) mass is 170 g/mol. The van der Waals surface area contributed by atoms with Gasteiger partial charge in [-0.15, -0.1) is 6.58 Å². The van der Waals surface area contributed by atoms with Crippen molar-refractivity contribution in [2.24, 2.45) is 0 Å². The SMILES string of the molecule is C=CCCC(=O)NCCNCC. The van der Waals surface area contributed by atoms with Gasteiger partial charge in [-0.3, -0.25) is 4.79 Å². The Morgan fingerprint density at radius 2 is 2.25 bits per heavy atom. The average molecular weight is 170 g/mol. The molecule has 0 unspecified atom stereocenters. The van der Waals surface area contributed by atoms with E-state index in [0.29, 0.717) is 13.0 Å². The molecule has 0 aromatic carbocycles. The number of amides is 1. The highest BCUT2D eigenvalue weighted by Gasteiger charge is 1.96. The van der Waals surface area contributed by atoms with Crippen LogP contribution in [0, 0.1) is 0 Å². The molecule has 0 atom stereocenters. The third kappa shape index (κ3) is 7.28. The van der Waals surface area contributed by atoms with Crippen LogP contribution in [0.2, 0.25) is 0 Å². The van der Waals surface area contributed by atoms with Crippen molar-refractivity contribution in [2.45, 2.75) is 19.8 Å². The Bertz CT molecular complexity index is 134. The molecule has 70 valence electrons. The predicted molar refractivity (Wildman–Crippen MR) is 51.0 cm³/mol. The van der Waals surface area contributed by atoms with Gasteiger partial charge in [0.15, 0.2) is 0 Å². The number of rotatable bonds is 7. The van der Waals surface area contributed by atoms with Crippen molar-refractivity contribution in [1.29, 1.82) is 0 Å². The summed E-state index contributed by atoms with van der Waals surface area (Å²) in [5.41, 5.74) is 0. The number of carbonyl (C=O) groups excluding carboxylic acids is 1. The van der Waals surface area contributed by atoms with E-state index < -0.39 is 0 Å². The van der Waals surface area contributed by atoms with Gasteiger partial charge in [-0.2, -0.15) is 0 Å². The zero-order valence-electron chi connectivity index (χ0n) is 7.73. The van der Waals surface area contributed by atoms with Gasteiger partial charge in [0.25, 0.3) is 0 Å². The van der Waals surface area contributed by atoms with Gasteiger partial charge in [-0.1, -0.05) is 13.0 Å². The molecular formula is C9H18N2O. The van der Waals surface area contributed by atoms with Gasteiger partial charge >= 0.3 is 0 Å². The first kappa shape index (κ1) is 11.2. The Kier molecular flexibility index (Phi) is 7.70. The Labute approximate surface area is 74.2 Å². The predicted octanol–water partition coefficient (Wildman–Crippen LogP) is 0.678. The Balaban J connectivity index is 3.13. The first-order valence-corrected chi connectivity index (χ1v) is 4.39. The van der Waals surface area contributed by atoms with Crippen LogP contribution in [0.1, 0.15) is 19.8 Å². The third-order valence-electron chi connectivity index (χ3n) is 1.45. The number of hydrogen-bond donors (Lipinski definition) is 2. The second-order valence-corrected chi connectivity index (χ2v) is 2.53. The van der Waals surface area contributed by atoms with Gasteiger partial charge in [-0.25, -0.2) is 0 Å². The average Bonchev–Trinajstić information content (AvgIpc) is 2.09. The van der Waals surface area contributed by atoms with E-state index in [-0.39, 0.29) is 5.91 Å². The third-order valence-corrected chi connectivity index (χ3v) is 1.45. The molecule has 0 spiro atoms. The van der Waals surface area contributed by atoms with Crippen molar-refractivity contribution in [3.05, 3.63) is 12.7 Å². The van der Waals surface area contributed by atoms with Gasteiger partial charge in [0.1, 0.15) is 0 Å². The van der Waals surface area contributed by atoms with Gasteiger partial charge in [0.05, 0.1) is 0 Å². The molecule has 0 rings (SSSR count). The maximum atomic E-state index is 11.0. The molecule has 0 aliphatic heterocycles. The summed E-state index contributed by atoms with van der Waals surface area (Å²) in [5, 5.41) is 5.93. The summed E-state index contributed by atoms with van der Waals surface area (Å²) in [7, 11) is 0. The number of carbonyl (C=O) groups is 1. The smallest absolute Gasteiger partial charge is 0.220 e. The first-order valence-electron chi connectivity index (χ1n) is 4.39. The molecule has 0 heterocycles. The largest absolute Gasteiger partial charge is 0.355 e. The molecule has 3 nitrogen and oxygen atoms in total. The Hall–Kier alpha value is -0.830. The lowest BCUT2D eigenvalue weighted by molar-refractivity contribution is -0.120. The van der Waals surface area contributed by atoms with Gasteiger partial charge in [0.2, 0.25) is 5.91 Å². The minimum Gasteiger partial charge on any atom is -0.355 e. The Morgan fingerprint density at radius 1 is 1.50 bits per heavy atom. The highest BCUT2D eigenvalue weighted by molar-refractivity contribution is 5.75. The van der Waals surface area contributed by atoms with E-state index in [4.69, 9.17) is 0 Å². The Morgan fingerprint density at radius 3 is 2.83 bits per heavy atom. The topological polar surface area (TPSA) is 41.1 Å². The summed E-state index contributed by atoms with van der Waals surface area (Å²) in [6, 6.07) is 0. The maximum Gasteiger partial charge on any atom is 0.220 e. The minimum absolute atomic E-state index is 0.104. The van der Waals surface area contributed by atoms with E-state index in [9.17, 15) is 4.79 Å². The number of nitrogens with one attached hydrogen (secondary N) is 2. The lowest BCUT2D eigenvalue weighted by Crippen LogP contribution is -2.31. The molecule has 2 N–H and O–H groups in total. The van der Waals surface area contributed by atoms with Crippen molar-refractivity contribution in [2.75, 3.05) is 19.6 Å². The minimum atomic E-state index is 0.104. The van der Waals surface area contributed by atoms with E-state index >= 15 is 0 Å². The van der Waals surface area contributed by atoms with Crippen LogP contribution < -0.4 is 10.6 Å². The molecule has 1 amide bonds. The second-order valence-electron chi connectivity index (χ2n) is 2.53. The molecule has 0 saturated heterocycles. The molecule has 0 fully saturated rings. The molecule has 0 bridgehead atoms. The van der Waals surface area contributed by atoms with Gasteiger partial charge in [-0.05, 0) is 13.0 Å². The van der Waals surface area contributed by atoms with Crippen LogP contribution in [0.3, 0.4) is 0 Å². The molecule has 0 radical (unpaired) electrons. The van der Waals surface area contributed by atoms with E-state index in [1.54, 1.807) is 6.08 Å². The number of likely N-dealkylation sites (N-methyl/N-ethyl adjacent to an activating group) is 1. The van der Waals surface area contributed by atoms with Crippen molar-refractivity contribution in [1.82, 2.24) is 10.6 Å². The molecular weight excluding hydrogens is 152 g/mol. The maximum absolute atomic E-state index is 11.0. The lowest BCUT2D eigenvalue weighted by atomic mass is 10.3. The van der Waals surface area contributed by atoms with Gasteiger partial charge < -0.3 is 10.6 Å². The molecule has 12 heavy (non-hydrogen) atoms. The fraction of sp³-hybridized carbons (Fsp3) is 0.667. The summed E-state index contributed by atoms with van der Waals surface area (Å²) in [6.07, 6.45) is 3.06. The molecule has 3 heteroatoms. The van der Waals surface area contributed by atoms with E-state index in [1.807, 2.05) is 6.92 Å². The number of hydrogen-bond acceptors (Lipinski definition) is 2. The van der Waals surface area contributed by atoms with E-state index in [1.165, 1.54) is 0 Å². The zero-order chi connectivity index (χ0) is 9.23. The van der Waals surface area contributed by atoms with Crippen LogP contribution in [0.5, 0.6) is 0 Å². The fourth-order valence-electron chi connectivity index (χ4n) is 0.789. The number of allylic oxidation sites excluding steroid dienone is 1. The standard InChI is InChI=1S/C9H18N2O/c1-3-5-6-9(12)11-8-7-10-4-2/h3,10H,1,4-8H2,2H3,(H,11,12). The van der Waals surface area contributed by atoms with Crippen LogP contribution >= 0.6 is 0 Å². The van der Waals surface area contributed by atoms with Crippen LogP contribution in [0.4, 0.5) is 0 Å². The van der Waals surface area contributed by atoms with Crippen LogP contribution in [0.25, 0.3) is 0 Å². The second kappa shape index (κ2) is 8.27. The summed E-state index contributed by atoms with van der Waals surface area (Å²) in [6.45, 7) is 8.09.